The van der Waals surface area contributed by atoms with E-state index in [0.29, 0.717) is 19.4 Å². The second-order valence-corrected chi connectivity index (χ2v) is 15.7. The van der Waals surface area contributed by atoms with Crippen LogP contribution in [0.3, 0.4) is 0 Å². The summed E-state index contributed by atoms with van der Waals surface area (Å²) in [6.07, 6.45) is 48.8. The van der Waals surface area contributed by atoms with Crippen LogP contribution in [0.15, 0.2) is 24.3 Å². The molecular formula is C47H89NO5. The fourth-order valence-electron chi connectivity index (χ4n) is 6.86. The number of hydrogen-bond acceptors (Lipinski definition) is 5. The number of amides is 1. The van der Waals surface area contributed by atoms with Gasteiger partial charge >= 0.3 is 5.97 Å². The van der Waals surface area contributed by atoms with Crippen LogP contribution in [-0.2, 0) is 14.3 Å². The summed E-state index contributed by atoms with van der Waals surface area (Å²) in [4.78, 5) is 24.4. The van der Waals surface area contributed by atoms with E-state index in [2.05, 4.69) is 31.3 Å². The molecule has 0 fully saturated rings. The van der Waals surface area contributed by atoms with Gasteiger partial charge in [0.1, 0.15) is 0 Å². The van der Waals surface area contributed by atoms with Crippen molar-refractivity contribution in [1.29, 1.82) is 0 Å². The van der Waals surface area contributed by atoms with Crippen molar-refractivity contribution in [3.63, 3.8) is 0 Å². The highest BCUT2D eigenvalue weighted by Gasteiger charge is 2.18. The van der Waals surface area contributed by atoms with Crippen molar-refractivity contribution in [3.8, 4) is 0 Å². The molecule has 312 valence electrons. The molecule has 0 aliphatic heterocycles. The van der Waals surface area contributed by atoms with Gasteiger partial charge in [0.05, 0.1) is 25.4 Å². The minimum Gasteiger partial charge on any atom is -0.466 e. The van der Waals surface area contributed by atoms with E-state index in [1.807, 2.05) is 6.08 Å². The highest BCUT2D eigenvalue weighted by Crippen LogP contribution is 2.14. The molecule has 53 heavy (non-hydrogen) atoms. The van der Waals surface area contributed by atoms with Crippen molar-refractivity contribution >= 4 is 11.9 Å². The molecule has 1 amide bonds. The molecule has 0 aliphatic rings. The lowest BCUT2D eigenvalue weighted by Gasteiger charge is -2.20. The molecule has 3 N–H and O–H groups in total. The number of unbranched alkanes of at least 4 members (excludes halogenated alkanes) is 29. The summed E-state index contributed by atoms with van der Waals surface area (Å²) in [5, 5.41) is 22.8. The fraction of sp³-hybridized carbons (Fsp3) is 0.872. The number of carbonyl (C=O) groups excluding carboxylic acids is 2. The zero-order valence-corrected chi connectivity index (χ0v) is 35.2. The quantitative estimate of drug-likeness (QED) is 0.0328. The molecule has 6 heteroatoms. The van der Waals surface area contributed by atoms with Gasteiger partial charge in [0.2, 0.25) is 5.91 Å². The Labute approximate surface area is 329 Å². The van der Waals surface area contributed by atoms with Crippen LogP contribution in [-0.4, -0.2) is 47.4 Å². The monoisotopic (exact) mass is 748 g/mol. The van der Waals surface area contributed by atoms with Gasteiger partial charge in [0.25, 0.3) is 0 Å². The number of aliphatic hydroxyl groups is 2. The number of rotatable bonds is 42. The average molecular weight is 748 g/mol. The number of allylic oxidation sites excluding steroid dienone is 3. The van der Waals surface area contributed by atoms with Gasteiger partial charge in [-0.3, -0.25) is 9.59 Å². The fourth-order valence-corrected chi connectivity index (χ4v) is 6.86. The van der Waals surface area contributed by atoms with Crippen molar-refractivity contribution in [2.24, 2.45) is 0 Å². The topological polar surface area (TPSA) is 95.9 Å². The first-order valence-electron chi connectivity index (χ1n) is 23.1. The lowest BCUT2D eigenvalue weighted by molar-refractivity contribution is -0.143. The van der Waals surface area contributed by atoms with E-state index < -0.39 is 12.1 Å². The van der Waals surface area contributed by atoms with Gasteiger partial charge in [-0.25, -0.2) is 0 Å². The molecule has 2 atom stereocenters. The van der Waals surface area contributed by atoms with Crippen LogP contribution in [0.5, 0.6) is 0 Å². The molecule has 0 aliphatic carbocycles. The lowest BCUT2D eigenvalue weighted by atomic mass is 10.1. The van der Waals surface area contributed by atoms with Crippen LogP contribution < -0.4 is 5.32 Å². The molecule has 0 rings (SSSR count). The number of hydrogen-bond donors (Lipinski definition) is 3. The van der Waals surface area contributed by atoms with Crippen LogP contribution >= 0.6 is 0 Å². The van der Waals surface area contributed by atoms with Gasteiger partial charge in [0, 0.05) is 12.8 Å². The van der Waals surface area contributed by atoms with Crippen LogP contribution in [0, 0.1) is 0 Å². The third-order valence-corrected chi connectivity index (χ3v) is 10.5. The van der Waals surface area contributed by atoms with Crippen molar-refractivity contribution < 1.29 is 24.5 Å². The summed E-state index contributed by atoms with van der Waals surface area (Å²) >= 11 is 0. The van der Waals surface area contributed by atoms with Crippen molar-refractivity contribution in [3.05, 3.63) is 24.3 Å². The zero-order valence-electron chi connectivity index (χ0n) is 35.2. The molecule has 0 bridgehead atoms. The van der Waals surface area contributed by atoms with E-state index in [-0.39, 0.29) is 18.5 Å². The summed E-state index contributed by atoms with van der Waals surface area (Å²) in [6.45, 7) is 4.79. The molecule has 6 nitrogen and oxygen atoms in total. The first-order valence-corrected chi connectivity index (χ1v) is 23.1. The van der Waals surface area contributed by atoms with Crippen LogP contribution in [0.4, 0.5) is 0 Å². The first-order chi connectivity index (χ1) is 26.0. The maximum Gasteiger partial charge on any atom is 0.305 e. The molecule has 0 saturated heterocycles. The lowest BCUT2D eigenvalue weighted by Crippen LogP contribution is -2.45. The predicted octanol–water partition coefficient (Wildman–Crippen LogP) is 13.2. The second-order valence-electron chi connectivity index (χ2n) is 15.7. The Morgan fingerprint density at radius 3 is 1.34 bits per heavy atom. The van der Waals surface area contributed by atoms with E-state index in [0.717, 1.165) is 57.8 Å². The van der Waals surface area contributed by atoms with E-state index in [4.69, 9.17) is 4.74 Å². The predicted molar refractivity (Wildman–Crippen MR) is 227 cm³/mol. The minimum absolute atomic E-state index is 0.0315. The first kappa shape index (κ1) is 51.3. The summed E-state index contributed by atoms with van der Waals surface area (Å²) < 4.78 is 5.44. The molecule has 0 radical (unpaired) electrons. The number of nitrogens with one attached hydrogen (secondary N) is 1. The Bertz CT molecular complexity index is 828. The molecule has 0 heterocycles. The maximum absolute atomic E-state index is 12.3. The zero-order chi connectivity index (χ0) is 38.7. The van der Waals surface area contributed by atoms with Crippen molar-refractivity contribution in [1.82, 2.24) is 5.32 Å². The van der Waals surface area contributed by atoms with E-state index in [1.54, 1.807) is 6.08 Å². The molecular weight excluding hydrogens is 659 g/mol. The van der Waals surface area contributed by atoms with Crippen molar-refractivity contribution in [2.75, 3.05) is 13.2 Å². The second kappa shape index (κ2) is 43.1. The Morgan fingerprint density at radius 2 is 0.887 bits per heavy atom. The normalized spacial score (nSPS) is 12.9. The largest absolute Gasteiger partial charge is 0.466 e. The highest BCUT2D eigenvalue weighted by atomic mass is 16.5. The van der Waals surface area contributed by atoms with E-state index in [1.165, 1.54) is 154 Å². The Hall–Kier alpha value is -1.66. The third kappa shape index (κ3) is 39.8. The molecule has 0 saturated carbocycles. The average Bonchev–Trinajstić information content (AvgIpc) is 3.16. The van der Waals surface area contributed by atoms with Gasteiger partial charge in [-0.1, -0.05) is 192 Å². The van der Waals surface area contributed by atoms with Crippen LogP contribution in [0.25, 0.3) is 0 Å². The summed E-state index contributed by atoms with van der Waals surface area (Å²) in [5.74, 6) is -0.131. The van der Waals surface area contributed by atoms with Gasteiger partial charge in [-0.15, -0.1) is 0 Å². The van der Waals surface area contributed by atoms with E-state index >= 15 is 0 Å². The molecule has 0 aromatic rings. The number of ether oxygens (including phenoxy) is 1. The molecule has 0 aromatic carbocycles. The van der Waals surface area contributed by atoms with Crippen LogP contribution in [0.1, 0.15) is 239 Å². The summed E-state index contributed by atoms with van der Waals surface area (Å²) in [5.41, 5.74) is 0. The molecule has 0 spiro atoms. The number of aliphatic hydroxyl groups excluding tert-OH is 2. The van der Waals surface area contributed by atoms with Crippen molar-refractivity contribution in [2.45, 2.75) is 251 Å². The summed E-state index contributed by atoms with van der Waals surface area (Å²) in [7, 11) is 0. The SMILES string of the molecule is CCCCCCCCC/C=C\CCCCCCCCCC(=O)OCCCCCCCCCCCC(=O)NC(CO)C(O)/C=C/CCCCCCCCC. The Balaban J connectivity index is 3.48. The van der Waals surface area contributed by atoms with Gasteiger partial charge in [-0.2, -0.15) is 0 Å². The number of esters is 1. The molecule has 2 unspecified atom stereocenters. The van der Waals surface area contributed by atoms with Gasteiger partial charge in [0.15, 0.2) is 0 Å². The number of carbonyl (C=O) groups is 2. The Morgan fingerprint density at radius 1 is 0.509 bits per heavy atom. The van der Waals surface area contributed by atoms with E-state index in [9.17, 15) is 19.8 Å². The standard InChI is InChI=1S/C47H89NO5/c1-3-5-7-9-11-13-14-15-16-17-18-19-20-21-25-29-33-37-41-47(52)53-42-38-34-30-26-22-24-28-32-36-40-46(51)48-44(43-49)45(50)39-35-31-27-23-12-10-8-6-4-2/h16-17,35,39,44-45,49-50H,3-15,18-34,36-38,40-43H2,1-2H3,(H,48,51)/b17-16-,39-35+. The van der Waals surface area contributed by atoms with Gasteiger partial charge in [-0.05, 0) is 57.8 Å². The molecule has 0 aromatic heterocycles. The minimum atomic E-state index is -0.859. The van der Waals surface area contributed by atoms with Crippen LogP contribution in [0.2, 0.25) is 0 Å². The van der Waals surface area contributed by atoms with Gasteiger partial charge < -0.3 is 20.3 Å². The highest BCUT2D eigenvalue weighted by molar-refractivity contribution is 5.76. The summed E-state index contributed by atoms with van der Waals surface area (Å²) in [6, 6.07) is -0.645. The Kier molecular flexibility index (Phi) is 41.7. The maximum atomic E-state index is 12.3. The smallest absolute Gasteiger partial charge is 0.305 e. The third-order valence-electron chi connectivity index (χ3n) is 10.5.